The smallest absolute Gasteiger partial charge is 0.265 e. The summed E-state index contributed by atoms with van der Waals surface area (Å²) in [5.74, 6) is -0.114. The van der Waals surface area contributed by atoms with Gasteiger partial charge in [-0.2, -0.15) is 0 Å². The number of hydrogen-bond donors (Lipinski definition) is 2. The third kappa shape index (κ3) is 2.98. The average molecular weight is 358 g/mol. The van der Waals surface area contributed by atoms with Gasteiger partial charge in [-0.1, -0.05) is 6.07 Å². The van der Waals surface area contributed by atoms with Crippen LogP contribution in [0.3, 0.4) is 0 Å². The molecule has 0 atom stereocenters. The van der Waals surface area contributed by atoms with Crippen LogP contribution >= 0.6 is 33.9 Å². The molecule has 0 aliphatic heterocycles. The number of aryl methyl sites for hydroxylation is 1. The van der Waals surface area contributed by atoms with Gasteiger partial charge in [0.05, 0.1) is 4.88 Å². The van der Waals surface area contributed by atoms with Gasteiger partial charge < -0.3 is 11.1 Å². The Labute approximate surface area is 117 Å². The molecule has 0 aliphatic rings. The van der Waals surface area contributed by atoms with Crippen molar-refractivity contribution in [2.24, 2.45) is 0 Å². The van der Waals surface area contributed by atoms with Gasteiger partial charge in [0.2, 0.25) is 0 Å². The third-order valence-corrected chi connectivity index (χ3v) is 4.00. The van der Waals surface area contributed by atoms with E-state index in [1.807, 2.05) is 31.2 Å². The van der Waals surface area contributed by atoms with Crippen LogP contribution in [-0.4, -0.2) is 5.91 Å². The van der Waals surface area contributed by atoms with Crippen molar-refractivity contribution in [2.75, 3.05) is 11.1 Å². The van der Waals surface area contributed by atoms with E-state index in [0.29, 0.717) is 10.6 Å². The molecule has 1 heterocycles. The topological polar surface area (TPSA) is 55.1 Å². The van der Waals surface area contributed by atoms with Crippen LogP contribution in [0.15, 0.2) is 30.3 Å². The fourth-order valence-electron chi connectivity index (χ4n) is 1.37. The Morgan fingerprint density at radius 1 is 1.41 bits per heavy atom. The number of rotatable bonds is 2. The highest BCUT2D eigenvalue weighted by Gasteiger charge is 2.11. The number of hydrogen-bond acceptors (Lipinski definition) is 3. The Morgan fingerprint density at radius 3 is 2.76 bits per heavy atom. The van der Waals surface area contributed by atoms with Crippen LogP contribution in [0.25, 0.3) is 0 Å². The second-order valence-corrected chi connectivity index (χ2v) is 6.09. The van der Waals surface area contributed by atoms with Gasteiger partial charge in [0, 0.05) is 19.8 Å². The van der Waals surface area contributed by atoms with Crippen LogP contribution in [0.1, 0.15) is 14.5 Å². The summed E-state index contributed by atoms with van der Waals surface area (Å²) in [5, 5.41) is 2.85. The van der Waals surface area contributed by atoms with E-state index < -0.39 is 0 Å². The molecular formula is C12H11IN2OS. The van der Waals surface area contributed by atoms with Crippen LogP contribution < -0.4 is 11.1 Å². The highest BCUT2D eigenvalue weighted by Crippen LogP contribution is 2.24. The first kappa shape index (κ1) is 12.4. The number of anilines is 2. The van der Waals surface area contributed by atoms with Gasteiger partial charge in [0.1, 0.15) is 0 Å². The summed E-state index contributed by atoms with van der Waals surface area (Å²) in [4.78, 5) is 13.5. The molecule has 1 aromatic heterocycles. The predicted molar refractivity (Wildman–Crippen MR) is 80.6 cm³/mol. The quantitative estimate of drug-likeness (QED) is 0.808. The summed E-state index contributed by atoms with van der Waals surface area (Å²) in [6.07, 6.45) is 0. The summed E-state index contributed by atoms with van der Waals surface area (Å²) in [6.45, 7) is 1.90. The maximum absolute atomic E-state index is 11.9. The zero-order valence-corrected chi connectivity index (χ0v) is 12.1. The molecule has 17 heavy (non-hydrogen) atoms. The standard InChI is InChI=1S/C12H11IN2OS/c1-7-10(14)6-11(17-7)12(16)15-9-4-2-3-8(13)5-9/h2-6H,14H2,1H3,(H,15,16). The molecule has 1 aromatic carbocycles. The normalized spacial score (nSPS) is 10.2. The van der Waals surface area contributed by atoms with Crippen molar-refractivity contribution in [3.05, 3.63) is 43.7 Å². The van der Waals surface area contributed by atoms with Crippen molar-refractivity contribution in [1.29, 1.82) is 0 Å². The number of nitrogens with two attached hydrogens (primary N) is 1. The minimum Gasteiger partial charge on any atom is -0.398 e. The molecule has 0 radical (unpaired) electrons. The summed E-state index contributed by atoms with van der Waals surface area (Å²) >= 11 is 3.61. The van der Waals surface area contributed by atoms with Crippen LogP contribution in [-0.2, 0) is 0 Å². The molecule has 0 unspecified atom stereocenters. The lowest BCUT2D eigenvalue weighted by Gasteiger charge is -2.03. The van der Waals surface area contributed by atoms with Crippen molar-refractivity contribution in [3.8, 4) is 0 Å². The first-order valence-electron chi connectivity index (χ1n) is 4.99. The number of nitrogen functional groups attached to an aromatic ring is 1. The number of halogens is 1. The lowest BCUT2D eigenvalue weighted by Crippen LogP contribution is -2.10. The fourth-order valence-corrected chi connectivity index (χ4v) is 2.75. The lowest BCUT2D eigenvalue weighted by molar-refractivity contribution is 0.103. The van der Waals surface area contributed by atoms with E-state index >= 15 is 0 Å². The summed E-state index contributed by atoms with van der Waals surface area (Å²) in [6, 6.07) is 9.38. The maximum Gasteiger partial charge on any atom is 0.265 e. The molecule has 3 nitrogen and oxygen atoms in total. The number of carbonyl (C=O) groups is 1. The minimum absolute atomic E-state index is 0.114. The van der Waals surface area contributed by atoms with Crippen LogP contribution in [0.5, 0.6) is 0 Å². The molecular weight excluding hydrogens is 347 g/mol. The second-order valence-electron chi connectivity index (χ2n) is 3.59. The average Bonchev–Trinajstić information content (AvgIpc) is 2.59. The van der Waals surface area contributed by atoms with Crippen LogP contribution in [0.2, 0.25) is 0 Å². The molecule has 0 fully saturated rings. The maximum atomic E-state index is 11.9. The highest BCUT2D eigenvalue weighted by atomic mass is 127. The first-order valence-corrected chi connectivity index (χ1v) is 6.88. The summed E-state index contributed by atoms with van der Waals surface area (Å²) < 4.78 is 1.09. The van der Waals surface area contributed by atoms with E-state index in [0.717, 1.165) is 14.1 Å². The Bertz CT molecular complexity index is 546. The van der Waals surface area contributed by atoms with Crippen molar-refractivity contribution in [2.45, 2.75) is 6.92 Å². The number of benzene rings is 1. The molecule has 3 N–H and O–H groups in total. The van der Waals surface area contributed by atoms with E-state index in [2.05, 4.69) is 27.9 Å². The van der Waals surface area contributed by atoms with E-state index in [-0.39, 0.29) is 5.91 Å². The van der Waals surface area contributed by atoms with E-state index in [9.17, 15) is 4.79 Å². The molecule has 1 amide bonds. The molecule has 0 saturated heterocycles. The largest absolute Gasteiger partial charge is 0.398 e. The van der Waals surface area contributed by atoms with E-state index in [4.69, 9.17) is 5.73 Å². The van der Waals surface area contributed by atoms with Crippen LogP contribution in [0.4, 0.5) is 11.4 Å². The zero-order chi connectivity index (χ0) is 12.4. The summed E-state index contributed by atoms with van der Waals surface area (Å²) in [7, 11) is 0. The first-order chi connectivity index (χ1) is 8.06. The van der Waals surface area contributed by atoms with E-state index in [1.54, 1.807) is 6.07 Å². The molecule has 0 aliphatic carbocycles. The van der Waals surface area contributed by atoms with Crippen molar-refractivity contribution < 1.29 is 4.79 Å². The van der Waals surface area contributed by atoms with Crippen molar-refractivity contribution in [1.82, 2.24) is 0 Å². The predicted octanol–water partition coefficient (Wildman–Crippen LogP) is 3.50. The molecule has 0 spiro atoms. The van der Waals surface area contributed by atoms with Gasteiger partial charge in [-0.15, -0.1) is 11.3 Å². The fraction of sp³-hybridized carbons (Fsp3) is 0.0833. The van der Waals surface area contributed by atoms with Gasteiger partial charge in [0.25, 0.3) is 5.91 Å². The zero-order valence-electron chi connectivity index (χ0n) is 9.16. The number of amides is 1. The molecule has 5 heteroatoms. The van der Waals surface area contributed by atoms with Gasteiger partial charge in [-0.3, -0.25) is 4.79 Å². The molecule has 88 valence electrons. The second kappa shape index (κ2) is 5.05. The number of thiophene rings is 1. The minimum atomic E-state index is -0.114. The van der Waals surface area contributed by atoms with Gasteiger partial charge >= 0.3 is 0 Å². The molecule has 0 saturated carbocycles. The van der Waals surface area contributed by atoms with Crippen molar-refractivity contribution >= 4 is 51.2 Å². The Hall–Kier alpha value is -1.08. The Kier molecular flexibility index (Phi) is 3.68. The lowest BCUT2D eigenvalue weighted by atomic mass is 10.3. The van der Waals surface area contributed by atoms with Gasteiger partial charge in [0.15, 0.2) is 0 Å². The Balaban J connectivity index is 2.17. The molecule has 2 aromatic rings. The summed E-state index contributed by atoms with van der Waals surface area (Å²) in [5.41, 5.74) is 7.19. The Morgan fingerprint density at radius 2 is 2.18 bits per heavy atom. The number of carbonyl (C=O) groups excluding carboxylic acids is 1. The van der Waals surface area contributed by atoms with E-state index in [1.165, 1.54) is 11.3 Å². The highest BCUT2D eigenvalue weighted by molar-refractivity contribution is 14.1. The molecule has 0 bridgehead atoms. The third-order valence-electron chi connectivity index (χ3n) is 2.26. The monoisotopic (exact) mass is 358 g/mol. The molecule has 2 rings (SSSR count). The van der Waals surface area contributed by atoms with Crippen LogP contribution in [0, 0.1) is 10.5 Å². The van der Waals surface area contributed by atoms with Crippen molar-refractivity contribution in [3.63, 3.8) is 0 Å². The SMILES string of the molecule is Cc1sc(C(=O)Nc2cccc(I)c2)cc1N. The van der Waals surface area contributed by atoms with Gasteiger partial charge in [-0.05, 0) is 53.8 Å². The number of nitrogens with one attached hydrogen (secondary N) is 1. The van der Waals surface area contributed by atoms with Gasteiger partial charge in [-0.25, -0.2) is 0 Å².